The Hall–Kier alpha value is -1.02. The topological polar surface area (TPSA) is 29.5 Å². The smallest absolute Gasteiger partial charge is 0.122 e. The summed E-state index contributed by atoms with van der Waals surface area (Å²) in [4.78, 5) is 0. The molecule has 2 nitrogen and oxygen atoms in total. The minimum atomic E-state index is -0.0536. The molecule has 0 amide bonds. The molecule has 0 saturated heterocycles. The third-order valence-electron chi connectivity index (χ3n) is 4.83. The van der Waals surface area contributed by atoms with E-state index in [0.29, 0.717) is 12.4 Å². The van der Waals surface area contributed by atoms with Gasteiger partial charge in [-0.15, -0.1) is 0 Å². The highest BCUT2D eigenvalue weighted by atomic mass is 16.5. The Bertz CT molecular complexity index is 486. The largest absolute Gasteiger partial charge is 0.507 e. The van der Waals surface area contributed by atoms with Crippen LogP contribution in [0.4, 0.5) is 0 Å². The highest BCUT2D eigenvalue weighted by Gasteiger charge is 2.20. The summed E-state index contributed by atoms with van der Waals surface area (Å²) >= 11 is 0. The van der Waals surface area contributed by atoms with Crippen molar-refractivity contribution >= 4 is 0 Å². The van der Waals surface area contributed by atoms with Crippen LogP contribution in [0.3, 0.4) is 0 Å². The molecule has 1 aromatic carbocycles. The highest BCUT2D eigenvalue weighted by molar-refractivity contribution is 5.46. The lowest BCUT2D eigenvalue weighted by Gasteiger charge is -2.22. The second kappa shape index (κ2) is 11.6. The van der Waals surface area contributed by atoms with Crippen LogP contribution in [0.5, 0.6) is 5.75 Å². The molecule has 0 radical (unpaired) electrons. The quantitative estimate of drug-likeness (QED) is 0.410. The summed E-state index contributed by atoms with van der Waals surface area (Å²) in [5, 5.41) is 10.3. The molecule has 0 spiro atoms. The van der Waals surface area contributed by atoms with Crippen molar-refractivity contribution in [3.05, 3.63) is 28.8 Å². The first-order valence-electron chi connectivity index (χ1n) is 10.3. The second-order valence-corrected chi connectivity index (χ2v) is 8.44. The number of unbranched alkanes of at least 4 members (excludes halogenated alkanes) is 8. The average Bonchev–Trinajstić information content (AvgIpc) is 2.54. The Labute approximate surface area is 156 Å². The fourth-order valence-corrected chi connectivity index (χ4v) is 3.21. The monoisotopic (exact) mass is 348 g/mol. The Balaban J connectivity index is 2.21. The molecular formula is C23H40O2. The SMILES string of the molecule is CCCCCCCCCCCOCc1cc(C)c(O)c(C(C)(C)C)c1. The lowest BCUT2D eigenvalue weighted by Crippen LogP contribution is -2.12. The predicted molar refractivity (Wildman–Crippen MR) is 108 cm³/mol. The maximum atomic E-state index is 10.3. The molecule has 0 unspecified atom stereocenters. The summed E-state index contributed by atoms with van der Waals surface area (Å²) in [6.07, 6.45) is 12.0. The van der Waals surface area contributed by atoms with Gasteiger partial charge in [-0.3, -0.25) is 0 Å². The van der Waals surface area contributed by atoms with Gasteiger partial charge >= 0.3 is 0 Å². The van der Waals surface area contributed by atoms with E-state index in [4.69, 9.17) is 4.74 Å². The van der Waals surface area contributed by atoms with Gasteiger partial charge in [0.1, 0.15) is 5.75 Å². The predicted octanol–water partition coefficient (Wildman–Crippen LogP) is 7.05. The zero-order chi connectivity index (χ0) is 18.7. The third-order valence-corrected chi connectivity index (χ3v) is 4.83. The Morgan fingerprint density at radius 3 is 2.00 bits per heavy atom. The van der Waals surface area contributed by atoms with Crippen molar-refractivity contribution in [3.63, 3.8) is 0 Å². The zero-order valence-electron chi connectivity index (χ0n) is 17.3. The van der Waals surface area contributed by atoms with E-state index in [1.165, 1.54) is 51.4 Å². The van der Waals surface area contributed by atoms with Gasteiger partial charge < -0.3 is 9.84 Å². The van der Waals surface area contributed by atoms with Gasteiger partial charge in [0.2, 0.25) is 0 Å². The third kappa shape index (κ3) is 8.76. The molecule has 1 rings (SSSR count). The maximum absolute atomic E-state index is 10.3. The number of hydrogen-bond donors (Lipinski definition) is 1. The van der Waals surface area contributed by atoms with Crippen molar-refractivity contribution < 1.29 is 9.84 Å². The molecule has 0 heterocycles. The molecule has 0 aromatic heterocycles. The van der Waals surface area contributed by atoms with E-state index in [2.05, 4.69) is 33.8 Å². The summed E-state index contributed by atoms with van der Waals surface area (Å²) < 4.78 is 5.86. The lowest BCUT2D eigenvalue weighted by atomic mass is 9.84. The van der Waals surface area contributed by atoms with Gasteiger partial charge in [-0.1, -0.05) is 85.1 Å². The number of ether oxygens (including phenoxy) is 1. The standard InChI is InChI=1S/C23H40O2/c1-6-7-8-9-10-11-12-13-14-15-25-18-20-16-19(2)22(24)21(17-20)23(3,4)5/h16-17,24H,6-15,18H2,1-5H3. The zero-order valence-corrected chi connectivity index (χ0v) is 17.3. The Morgan fingerprint density at radius 2 is 1.44 bits per heavy atom. The first-order valence-corrected chi connectivity index (χ1v) is 10.3. The van der Waals surface area contributed by atoms with Crippen LogP contribution in [0.25, 0.3) is 0 Å². The fourth-order valence-electron chi connectivity index (χ4n) is 3.21. The first-order chi connectivity index (χ1) is 11.9. The first kappa shape index (κ1) is 22.0. The van der Waals surface area contributed by atoms with Crippen molar-refractivity contribution in [1.29, 1.82) is 0 Å². The second-order valence-electron chi connectivity index (χ2n) is 8.44. The van der Waals surface area contributed by atoms with Crippen molar-refractivity contribution in [2.45, 2.75) is 104 Å². The molecule has 0 aliphatic heterocycles. The van der Waals surface area contributed by atoms with Crippen LogP contribution < -0.4 is 0 Å². The number of benzene rings is 1. The molecule has 0 aliphatic carbocycles. The van der Waals surface area contributed by atoms with E-state index in [9.17, 15) is 5.11 Å². The summed E-state index contributed by atoms with van der Waals surface area (Å²) in [5.74, 6) is 0.426. The molecule has 2 heteroatoms. The maximum Gasteiger partial charge on any atom is 0.122 e. The van der Waals surface area contributed by atoms with Gasteiger partial charge in [0, 0.05) is 6.61 Å². The highest BCUT2D eigenvalue weighted by Crippen LogP contribution is 2.34. The van der Waals surface area contributed by atoms with Crippen LogP contribution in [-0.2, 0) is 16.8 Å². The van der Waals surface area contributed by atoms with E-state index in [1.807, 2.05) is 13.0 Å². The van der Waals surface area contributed by atoms with Crippen LogP contribution in [0, 0.1) is 6.92 Å². The van der Waals surface area contributed by atoms with Crippen molar-refractivity contribution in [2.75, 3.05) is 6.61 Å². The Morgan fingerprint density at radius 1 is 0.880 bits per heavy atom. The van der Waals surface area contributed by atoms with Crippen LogP contribution in [-0.4, -0.2) is 11.7 Å². The summed E-state index contributed by atoms with van der Waals surface area (Å²) in [6.45, 7) is 12.1. The number of phenols is 1. The van der Waals surface area contributed by atoms with Crippen LogP contribution in [0.2, 0.25) is 0 Å². The molecule has 25 heavy (non-hydrogen) atoms. The molecule has 1 aromatic rings. The van der Waals surface area contributed by atoms with Gasteiger partial charge in [-0.25, -0.2) is 0 Å². The molecule has 0 atom stereocenters. The van der Waals surface area contributed by atoms with E-state index in [1.54, 1.807) is 0 Å². The molecule has 1 N–H and O–H groups in total. The molecule has 0 saturated carbocycles. The molecule has 0 aliphatic rings. The number of hydrogen-bond acceptors (Lipinski definition) is 2. The minimum absolute atomic E-state index is 0.0536. The number of phenolic OH excluding ortho intramolecular Hbond substituents is 1. The van der Waals surface area contributed by atoms with Gasteiger partial charge in [-0.2, -0.15) is 0 Å². The van der Waals surface area contributed by atoms with E-state index in [-0.39, 0.29) is 5.41 Å². The lowest BCUT2D eigenvalue weighted by molar-refractivity contribution is 0.116. The van der Waals surface area contributed by atoms with Crippen molar-refractivity contribution in [2.24, 2.45) is 0 Å². The molecule has 144 valence electrons. The summed E-state index contributed by atoms with van der Waals surface area (Å²) in [5.41, 5.74) is 3.06. The van der Waals surface area contributed by atoms with Crippen molar-refractivity contribution in [1.82, 2.24) is 0 Å². The van der Waals surface area contributed by atoms with E-state index in [0.717, 1.165) is 29.7 Å². The number of aryl methyl sites for hydroxylation is 1. The molecular weight excluding hydrogens is 308 g/mol. The molecule has 0 fully saturated rings. The van der Waals surface area contributed by atoms with Gasteiger partial charge in [0.25, 0.3) is 0 Å². The fraction of sp³-hybridized carbons (Fsp3) is 0.739. The molecule has 0 bridgehead atoms. The number of rotatable bonds is 12. The van der Waals surface area contributed by atoms with Gasteiger partial charge in [-0.05, 0) is 41.5 Å². The van der Waals surface area contributed by atoms with Crippen molar-refractivity contribution in [3.8, 4) is 5.75 Å². The Kier molecular flexibility index (Phi) is 10.2. The average molecular weight is 349 g/mol. The minimum Gasteiger partial charge on any atom is -0.507 e. The van der Waals surface area contributed by atoms with Crippen LogP contribution in [0.15, 0.2) is 12.1 Å². The normalized spacial score (nSPS) is 11.9. The van der Waals surface area contributed by atoms with Crippen LogP contribution in [0.1, 0.15) is 102 Å². The summed E-state index contributed by atoms with van der Waals surface area (Å²) in [7, 11) is 0. The summed E-state index contributed by atoms with van der Waals surface area (Å²) in [6, 6.07) is 4.14. The van der Waals surface area contributed by atoms with Gasteiger partial charge in [0.05, 0.1) is 6.61 Å². The van der Waals surface area contributed by atoms with E-state index < -0.39 is 0 Å². The number of aromatic hydroxyl groups is 1. The van der Waals surface area contributed by atoms with Gasteiger partial charge in [0.15, 0.2) is 0 Å². The van der Waals surface area contributed by atoms with Crippen LogP contribution >= 0.6 is 0 Å². The van der Waals surface area contributed by atoms with E-state index >= 15 is 0 Å².